The number of aliphatic hydroxyl groups is 1. The van der Waals surface area contributed by atoms with Crippen LogP contribution in [0.2, 0.25) is 0 Å². The van der Waals surface area contributed by atoms with E-state index in [0.717, 1.165) is 42.6 Å². The van der Waals surface area contributed by atoms with Gasteiger partial charge in [0, 0.05) is 36.5 Å². The number of anilines is 1. The molecule has 1 aliphatic heterocycles. The smallest absolute Gasteiger partial charge is 0.146 e. The predicted octanol–water partition coefficient (Wildman–Crippen LogP) is 4.89. The molecule has 188 valence electrons. The molecule has 1 aliphatic rings. The lowest BCUT2D eigenvalue weighted by atomic mass is 9.75. The van der Waals surface area contributed by atoms with Crippen LogP contribution in [0.1, 0.15) is 65.0 Å². The SMILES string of the molecule is C/C=C\C(=C/C)CC1(CO)CCCN(C(=C/N)/N=C(\N)c2ccc(N/N=C/C)c(C)c2)C1.CC. The molecule has 0 aromatic heterocycles. The number of rotatable bonds is 9. The van der Waals surface area contributed by atoms with Crippen molar-refractivity contribution in [1.82, 2.24) is 4.90 Å². The van der Waals surface area contributed by atoms with E-state index >= 15 is 0 Å². The maximum atomic E-state index is 10.3. The number of aliphatic imine (C=N–C) groups is 1. The Labute approximate surface area is 206 Å². The van der Waals surface area contributed by atoms with E-state index in [0.29, 0.717) is 18.2 Å². The number of amidine groups is 1. The zero-order chi connectivity index (χ0) is 25.6. The largest absolute Gasteiger partial charge is 0.402 e. The summed E-state index contributed by atoms with van der Waals surface area (Å²) >= 11 is 0. The Kier molecular flexibility index (Phi) is 12.7. The molecule has 0 bridgehead atoms. The third kappa shape index (κ3) is 8.06. The highest BCUT2D eigenvalue weighted by Gasteiger charge is 2.36. The fourth-order valence-electron chi connectivity index (χ4n) is 4.12. The summed E-state index contributed by atoms with van der Waals surface area (Å²) in [6.45, 7) is 13.5. The molecule has 1 aromatic rings. The first-order chi connectivity index (χ1) is 16.4. The van der Waals surface area contributed by atoms with Gasteiger partial charge in [0.05, 0.1) is 12.3 Å². The minimum atomic E-state index is -0.234. The number of hydrogen-bond acceptors (Lipinski definition) is 6. The minimum Gasteiger partial charge on any atom is -0.402 e. The summed E-state index contributed by atoms with van der Waals surface area (Å²) < 4.78 is 0. The first kappa shape index (κ1) is 29.0. The molecule has 0 spiro atoms. The highest BCUT2D eigenvalue weighted by atomic mass is 16.3. The number of piperidine rings is 1. The summed E-state index contributed by atoms with van der Waals surface area (Å²) in [4.78, 5) is 6.79. The standard InChI is InChI=1S/C25H38N6O.C2H6/c1-5-9-20(6-2)15-25(18-32)12-8-13-31(17-25)23(16-26)29-24(27)21-10-11-22(19(4)14-21)30-28-7-3;1-2/h5-7,9-11,14,16,30,32H,8,12-13,15,17-18,26H2,1-4H3,(H2,27,29);1-2H3/b9-5-,20-6+,23-16+,28-7+;. The second-order valence-corrected chi connectivity index (χ2v) is 8.27. The van der Waals surface area contributed by atoms with Crippen molar-refractivity contribution in [1.29, 1.82) is 0 Å². The van der Waals surface area contributed by atoms with Gasteiger partial charge >= 0.3 is 0 Å². The molecule has 0 aliphatic carbocycles. The number of allylic oxidation sites excluding steroid dienone is 4. The number of benzene rings is 1. The van der Waals surface area contributed by atoms with Gasteiger partial charge in [0.2, 0.25) is 0 Å². The average Bonchev–Trinajstić information content (AvgIpc) is 2.87. The number of nitrogens with one attached hydrogen (secondary N) is 1. The van der Waals surface area contributed by atoms with Crippen molar-refractivity contribution in [2.75, 3.05) is 25.1 Å². The van der Waals surface area contributed by atoms with Crippen LogP contribution in [0.4, 0.5) is 5.69 Å². The van der Waals surface area contributed by atoms with Crippen molar-refractivity contribution in [3.8, 4) is 0 Å². The Morgan fingerprint density at radius 2 is 2.00 bits per heavy atom. The second-order valence-electron chi connectivity index (χ2n) is 8.27. The lowest BCUT2D eigenvalue weighted by molar-refractivity contribution is 0.0471. The van der Waals surface area contributed by atoms with Gasteiger partial charge in [-0.25, -0.2) is 4.99 Å². The van der Waals surface area contributed by atoms with Crippen LogP contribution in [0.5, 0.6) is 0 Å². The van der Waals surface area contributed by atoms with Crippen molar-refractivity contribution >= 4 is 17.7 Å². The summed E-state index contributed by atoms with van der Waals surface area (Å²) in [5.74, 6) is 1.03. The van der Waals surface area contributed by atoms with E-state index in [9.17, 15) is 5.11 Å². The number of nitrogens with zero attached hydrogens (tertiary/aromatic N) is 3. The summed E-state index contributed by atoms with van der Waals surface area (Å²) in [7, 11) is 0. The molecule has 7 nitrogen and oxygen atoms in total. The summed E-state index contributed by atoms with van der Waals surface area (Å²) in [6.07, 6.45) is 12.2. The molecule has 1 atom stereocenters. The van der Waals surface area contributed by atoms with Gasteiger partial charge in [0.25, 0.3) is 0 Å². The molecule has 2 rings (SSSR count). The number of hydrogen-bond donors (Lipinski definition) is 4. The van der Waals surface area contributed by atoms with E-state index in [2.05, 4.69) is 32.6 Å². The Hall–Kier alpha value is -3.06. The fourth-order valence-corrected chi connectivity index (χ4v) is 4.12. The van der Waals surface area contributed by atoms with Gasteiger partial charge in [0.1, 0.15) is 11.7 Å². The summed E-state index contributed by atoms with van der Waals surface area (Å²) in [5.41, 5.74) is 19.1. The highest BCUT2D eigenvalue weighted by Crippen LogP contribution is 2.37. The molecule has 1 aromatic carbocycles. The molecule has 1 unspecified atom stereocenters. The number of nitrogens with two attached hydrogens (primary N) is 2. The zero-order valence-electron chi connectivity index (χ0n) is 21.8. The van der Waals surface area contributed by atoms with Crippen molar-refractivity contribution < 1.29 is 5.11 Å². The van der Waals surface area contributed by atoms with Crippen LogP contribution in [-0.2, 0) is 0 Å². The van der Waals surface area contributed by atoms with E-state index in [1.807, 2.05) is 65.8 Å². The maximum absolute atomic E-state index is 10.3. The molecule has 6 N–H and O–H groups in total. The third-order valence-corrected chi connectivity index (χ3v) is 5.87. The van der Waals surface area contributed by atoms with Crippen LogP contribution in [0.25, 0.3) is 0 Å². The topological polar surface area (TPSA) is 112 Å². The molecule has 1 fully saturated rings. The first-order valence-corrected chi connectivity index (χ1v) is 12.2. The van der Waals surface area contributed by atoms with Crippen LogP contribution in [0, 0.1) is 12.3 Å². The van der Waals surface area contributed by atoms with Crippen LogP contribution >= 0.6 is 0 Å². The van der Waals surface area contributed by atoms with Gasteiger partial charge in [-0.15, -0.1) is 0 Å². The zero-order valence-corrected chi connectivity index (χ0v) is 21.8. The third-order valence-electron chi connectivity index (χ3n) is 5.87. The Balaban J connectivity index is 0.00000281. The lowest BCUT2D eigenvalue weighted by Gasteiger charge is -2.43. The molecule has 1 saturated heterocycles. The van der Waals surface area contributed by atoms with Crippen molar-refractivity contribution in [3.05, 3.63) is 65.1 Å². The first-order valence-electron chi connectivity index (χ1n) is 12.2. The number of hydrazone groups is 1. The van der Waals surface area contributed by atoms with Crippen LogP contribution in [0.15, 0.2) is 64.1 Å². The van der Waals surface area contributed by atoms with Crippen molar-refractivity contribution in [3.63, 3.8) is 0 Å². The van der Waals surface area contributed by atoms with E-state index in [1.54, 1.807) is 6.21 Å². The van der Waals surface area contributed by atoms with Crippen LogP contribution in [0.3, 0.4) is 0 Å². The molecule has 0 saturated carbocycles. The van der Waals surface area contributed by atoms with E-state index in [4.69, 9.17) is 11.5 Å². The van der Waals surface area contributed by atoms with Crippen LogP contribution in [-0.4, -0.2) is 41.8 Å². The predicted molar refractivity (Wildman–Crippen MR) is 147 cm³/mol. The average molecular weight is 469 g/mol. The molecule has 0 amide bonds. The Morgan fingerprint density at radius 1 is 1.26 bits per heavy atom. The van der Waals surface area contributed by atoms with Crippen LogP contribution < -0.4 is 16.9 Å². The second kappa shape index (κ2) is 15.0. The molecule has 1 heterocycles. The highest BCUT2D eigenvalue weighted by molar-refractivity contribution is 5.98. The normalized spacial score (nSPS) is 20.0. The molecular weight excluding hydrogens is 424 g/mol. The molecular formula is C27H44N6O. The van der Waals surface area contributed by atoms with Gasteiger partial charge < -0.3 is 21.5 Å². The van der Waals surface area contributed by atoms with Gasteiger partial charge in [-0.05, 0) is 70.7 Å². The monoisotopic (exact) mass is 468 g/mol. The number of likely N-dealkylation sites (tertiary alicyclic amines) is 1. The van der Waals surface area contributed by atoms with Gasteiger partial charge in [-0.3, -0.25) is 5.43 Å². The quantitative estimate of drug-likeness (QED) is 0.178. The molecule has 34 heavy (non-hydrogen) atoms. The van der Waals surface area contributed by atoms with Gasteiger partial charge in [-0.1, -0.05) is 37.6 Å². The van der Waals surface area contributed by atoms with Crippen molar-refractivity contribution in [2.45, 2.75) is 60.8 Å². The van der Waals surface area contributed by atoms with E-state index in [1.165, 1.54) is 11.8 Å². The van der Waals surface area contributed by atoms with Crippen molar-refractivity contribution in [2.24, 2.45) is 27.0 Å². The molecule has 0 radical (unpaired) electrons. The van der Waals surface area contributed by atoms with Gasteiger partial charge in [-0.2, -0.15) is 5.10 Å². The summed E-state index contributed by atoms with van der Waals surface area (Å²) in [6, 6.07) is 5.82. The van der Waals surface area contributed by atoms with E-state index in [-0.39, 0.29) is 12.0 Å². The maximum Gasteiger partial charge on any atom is 0.146 e. The summed E-state index contributed by atoms with van der Waals surface area (Å²) in [5, 5.41) is 14.4. The Morgan fingerprint density at radius 3 is 2.56 bits per heavy atom. The lowest BCUT2D eigenvalue weighted by Crippen LogP contribution is -2.45. The number of aryl methyl sites for hydroxylation is 1. The van der Waals surface area contributed by atoms with E-state index < -0.39 is 0 Å². The fraction of sp³-hybridized carbons (Fsp3) is 0.481. The number of aliphatic hydroxyl groups excluding tert-OH is 1. The minimum absolute atomic E-state index is 0.114. The molecule has 7 heteroatoms. The Bertz CT molecular complexity index is 916. The van der Waals surface area contributed by atoms with Gasteiger partial charge in [0.15, 0.2) is 0 Å².